The normalized spacial score (nSPS) is 16.5. The van der Waals surface area contributed by atoms with Crippen molar-refractivity contribution in [1.29, 1.82) is 0 Å². The predicted octanol–water partition coefficient (Wildman–Crippen LogP) is 3.85. The molecule has 7 heteroatoms. The van der Waals surface area contributed by atoms with Crippen LogP contribution in [0.4, 0.5) is 5.69 Å². The van der Waals surface area contributed by atoms with Gasteiger partial charge in [-0.05, 0) is 37.1 Å². The molecule has 31 heavy (non-hydrogen) atoms. The van der Waals surface area contributed by atoms with Crippen molar-refractivity contribution in [2.24, 2.45) is 0 Å². The van der Waals surface area contributed by atoms with E-state index in [0.717, 1.165) is 35.8 Å². The first kappa shape index (κ1) is 19.5. The molecule has 2 aliphatic heterocycles. The quantitative estimate of drug-likeness (QED) is 0.677. The SMILES string of the molecule is Cc1nocc1C(=O)N[C@@H](C)c1ccc(C2CN(c3ccc4c(c3)OCCO4)C2)cc1. The van der Waals surface area contributed by atoms with Gasteiger partial charge in [-0.2, -0.15) is 0 Å². The second-order valence-corrected chi connectivity index (χ2v) is 8.11. The minimum atomic E-state index is -0.176. The van der Waals surface area contributed by atoms with Crippen molar-refractivity contribution >= 4 is 11.6 Å². The van der Waals surface area contributed by atoms with Crippen LogP contribution in [0.1, 0.15) is 46.1 Å². The summed E-state index contributed by atoms with van der Waals surface area (Å²) in [5, 5.41) is 6.76. The number of anilines is 1. The van der Waals surface area contributed by atoms with Crippen LogP contribution in [0.15, 0.2) is 53.3 Å². The Labute approximate surface area is 180 Å². The van der Waals surface area contributed by atoms with Crippen LogP contribution in [0.2, 0.25) is 0 Å². The first-order valence-electron chi connectivity index (χ1n) is 10.5. The van der Waals surface area contributed by atoms with Crippen molar-refractivity contribution in [2.75, 3.05) is 31.2 Å². The van der Waals surface area contributed by atoms with Crippen molar-refractivity contribution in [3.63, 3.8) is 0 Å². The maximum atomic E-state index is 12.4. The molecule has 0 radical (unpaired) electrons. The molecule has 0 aliphatic carbocycles. The van der Waals surface area contributed by atoms with Crippen LogP contribution in [0.25, 0.3) is 0 Å². The van der Waals surface area contributed by atoms with E-state index in [2.05, 4.69) is 51.8 Å². The average molecular weight is 419 g/mol. The molecule has 0 saturated carbocycles. The number of carbonyl (C=O) groups is 1. The summed E-state index contributed by atoms with van der Waals surface area (Å²) in [6.07, 6.45) is 1.38. The van der Waals surface area contributed by atoms with Crippen molar-refractivity contribution in [1.82, 2.24) is 10.5 Å². The third kappa shape index (κ3) is 3.83. The van der Waals surface area contributed by atoms with Gasteiger partial charge >= 0.3 is 0 Å². The number of rotatable bonds is 5. The van der Waals surface area contributed by atoms with Gasteiger partial charge in [0.1, 0.15) is 25.0 Å². The lowest BCUT2D eigenvalue weighted by molar-refractivity contribution is 0.0938. The van der Waals surface area contributed by atoms with E-state index in [1.807, 2.05) is 13.0 Å². The summed E-state index contributed by atoms with van der Waals surface area (Å²) in [5.41, 5.74) is 4.60. The molecule has 2 aliphatic rings. The van der Waals surface area contributed by atoms with E-state index in [1.54, 1.807) is 6.92 Å². The van der Waals surface area contributed by atoms with Crippen LogP contribution in [0, 0.1) is 6.92 Å². The Morgan fingerprint density at radius 2 is 1.84 bits per heavy atom. The van der Waals surface area contributed by atoms with E-state index in [9.17, 15) is 4.79 Å². The number of amides is 1. The minimum absolute atomic E-state index is 0.105. The average Bonchev–Trinajstić information content (AvgIpc) is 3.19. The lowest BCUT2D eigenvalue weighted by atomic mass is 9.89. The molecular weight excluding hydrogens is 394 g/mol. The topological polar surface area (TPSA) is 76.8 Å². The Hall–Kier alpha value is -3.48. The monoisotopic (exact) mass is 419 g/mol. The summed E-state index contributed by atoms with van der Waals surface area (Å²) in [7, 11) is 0. The molecule has 1 aromatic heterocycles. The molecule has 1 amide bonds. The van der Waals surface area contributed by atoms with Crippen molar-refractivity contribution in [3.8, 4) is 11.5 Å². The number of ether oxygens (including phenoxy) is 2. The number of aryl methyl sites for hydroxylation is 1. The Balaban J connectivity index is 1.18. The molecule has 1 atom stereocenters. The summed E-state index contributed by atoms with van der Waals surface area (Å²) >= 11 is 0. The maximum Gasteiger partial charge on any atom is 0.256 e. The van der Waals surface area contributed by atoms with E-state index >= 15 is 0 Å². The zero-order valence-corrected chi connectivity index (χ0v) is 17.6. The van der Waals surface area contributed by atoms with Gasteiger partial charge in [-0.1, -0.05) is 29.4 Å². The number of carbonyl (C=O) groups excluding carboxylic acids is 1. The van der Waals surface area contributed by atoms with E-state index in [-0.39, 0.29) is 11.9 Å². The molecule has 0 unspecified atom stereocenters. The van der Waals surface area contributed by atoms with E-state index in [1.165, 1.54) is 11.8 Å². The standard InChI is InChI=1S/C24H25N3O4/c1-15(25-24(28)21-14-31-26-16(21)2)17-3-5-18(6-4-17)19-12-27(13-19)20-7-8-22-23(11-20)30-10-9-29-22/h3-8,11,14-15,19H,9-10,12-13H2,1-2H3,(H,25,28)/t15-/m0/s1. The van der Waals surface area contributed by atoms with Crippen molar-refractivity contribution in [2.45, 2.75) is 25.8 Å². The molecule has 160 valence electrons. The summed E-state index contributed by atoms with van der Waals surface area (Å²) < 4.78 is 16.2. The van der Waals surface area contributed by atoms with Gasteiger partial charge in [0.2, 0.25) is 0 Å². The third-order valence-electron chi connectivity index (χ3n) is 6.02. The van der Waals surface area contributed by atoms with Crippen LogP contribution < -0.4 is 19.7 Å². The summed E-state index contributed by atoms with van der Waals surface area (Å²) in [6, 6.07) is 14.5. The molecule has 1 saturated heterocycles. The van der Waals surface area contributed by atoms with Gasteiger partial charge in [-0.25, -0.2) is 0 Å². The molecule has 0 bridgehead atoms. The predicted molar refractivity (Wildman–Crippen MR) is 116 cm³/mol. The summed E-state index contributed by atoms with van der Waals surface area (Å²) in [5.74, 6) is 1.97. The highest BCUT2D eigenvalue weighted by Gasteiger charge is 2.29. The van der Waals surface area contributed by atoms with Gasteiger partial charge in [0, 0.05) is 30.8 Å². The van der Waals surface area contributed by atoms with Gasteiger partial charge in [-0.15, -0.1) is 0 Å². The molecule has 1 fully saturated rings. The number of nitrogens with one attached hydrogen (secondary N) is 1. The molecule has 0 spiro atoms. The largest absolute Gasteiger partial charge is 0.486 e. The summed E-state index contributed by atoms with van der Waals surface area (Å²) in [6.45, 7) is 6.88. The van der Waals surface area contributed by atoms with E-state index < -0.39 is 0 Å². The zero-order valence-electron chi connectivity index (χ0n) is 17.6. The van der Waals surface area contributed by atoms with Crippen LogP contribution in [-0.4, -0.2) is 37.4 Å². The highest BCUT2D eigenvalue weighted by molar-refractivity contribution is 5.95. The molecule has 7 nitrogen and oxygen atoms in total. The Bertz CT molecular complexity index is 1090. The first-order valence-corrected chi connectivity index (χ1v) is 10.5. The fourth-order valence-corrected chi connectivity index (χ4v) is 4.05. The van der Waals surface area contributed by atoms with Crippen LogP contribution in [0.5, 0.6) is 11.5 Å². The maximum absolute atomic E-state index is 12.4. The number of benzene rings is 2. The number of aromatic nitrogens is 1. The van der Waals surface area contributed by atoms with Gasteiger partial charge in [0.05, 0.1) is 11.7 Å². The number of fused-ring (bicyclic) bond motifs is 1. The lowest BCUT2D eigenvalue weighted by Crippen LogP contribution is -2.45. The summed E-state index contributed by atoms with van der Waals surface area (Å²) in [4.78, 5) is 14.7. The van der Waals surface area contributed by atoms with Gasteiger partial charge < -0.3 is 24.2 Å². The molecule has 3 heterocycles. The second kappa shape index (κ2) is 7.98. The molecular formula is C24H25N3O4. The second-order valence-electron chi connectivity index (χ2n) is 8.11. The Morgan fingerprint density at radius 1 is 1.10 bits per heavy atom. The zero-order chi connectivity index (χ0) is 21.4. The molecule has 3 aromatic rings. The van der Waals surface area contributed by atoms with E-state index in [0.29, 0.717) is 30.4 Å². The number of nitrogens with zero attached hydrogens (tertiary/aromatic N) is 2. The van der Waals surface area contributed by atoms with E-state index in [4.69, 9.17) is 14.0 Å². The number of hydrogen-bond donors (Lipinski definition) is 1. The van der Waals surface area contributed by atoms with Gasteiger partial charge in [0.15, 0.2) is 11.5 Å². The van der Waals surface area contributed by atoms with Crippen LogP contribution in [0.3, 0.4) is 0 Å². The Morgan fingerprint density at radius 3 is 2.55 bits per heavy atom. The van der Waals surface area contributed by atoms with Crippen LogP contribution in [-0.2, 0) is 0 Å². The fourth-order valence-electron chi connectivity index (χ4n) is 4.05. The fraction of sp³-hybridized carbons (Fsp3) is 0.333. The first-order chi connectivity index (χ1) is 15.1. The van der Waals surface area contributed by atoms with Crippen LogP contribution >= 0.6 is 0 Å². The molecule has 1 N–H and O–H groups in total. The van der Waals surface area contributed by atoms with Gasteiger partial charge in [0.25, 0.3) is 5.91 Å². The third-order valence-corrected chi connectivity index (χ3v) is 6.02. The minimum Gasteiger partial charge on any atom is -0.486 e. The molecule has 2 aromatic carbocycles. The smallest absolute Gasteiger partial charge is 0.256 e. The number of hydrogen-bond acceptors (Lipinski definition) is 6. The van der Waals surface area contributed by atoms with Crippen molar-refractivity contribution < 1.29 is 18.8 Å². The van der Waals surface area contributed by atoms with Gasteiger partial charge in [-0.3, -0.25) is 4.79 Å². The highest BCUT2D eigenvalue weighted by Crippen LogP contribution is 2.38. The van der Waals surface area contributed by atoms with Crippen molar-refractivity contribution in [3.05, 3.63) is 71.1 Å². The Kier molecular flexibility index (Phi) is 5.02. The lowest BCUT2D eigenvalue weighted by Gasteiger charge is -2.41. The highest BCUT2D eigenvalue weighted by atomic mass is 16.6. The molecule has 5 rings (SSSR count).